The van der Waals surface area contributed by atoms with Crippen LogP contribution in [-0.2, 0) is 33.0 Å². The maximum Gasteiger partial charge on any atom is 0.271 e. The van der Waals surface area contributed by atoms with Gasteiger partial charge in [0.25, 0.3) is 5.91 Å². The zero-order valence-corrected chi connectivity index (χ0v) is 18.4. The fourth-order valence-electron chi connectivity index (χ4n) is 4.85. The number of amides is 1. The van der Waals surface area contributed by atoms with E-state index in [2.05, 4.69) is 55.3 Å². The summed E-state index contributed by atoms with van der Waals surface area (Å²) in [6.07, 6.45) is 8.03. The summed E-state index contributed by atoms with van der Waals surface area (Å²) in [7, 11) is 1.93. The monoisotopic (exact) mass is 434 g/mol. The number of imidazole rings is 1. The highest BCUT2D eigenvalue weighted by Crippen LogP contribution is 2.28. The molecule has 8 nitrogen and oxygen atoms in total. The van der Waals surface area contributed by atoms with Gasteiger partial charge >= 0.3 is 0 Å². The van der Waals surface area contributed by atoms with E-state index < -0.39 is 6.10 Å². The number of rotatable bonds is 6. The van der Waals surface area contributed by atoms with E-state index in [0.29, 0.717) is 18.2 Å². The van der Waals surface area contributed by atoms with Crippen molar-refractivity contribution >= 4 is 5.91 Å². The summed E-state index contributed by atoms with van der Waals surface area (Å²) in [5.74, 6) is 1.11. The van der Waals surface area contributed by atoms with Crippen molar-refractivity contribution in [2.24, 2.45) is 7.05 Å². The molecule has 2 atom stereocenters. The molecule has 0 bridgehead atoms. The van der Waals surface area contributed by atoms with Crippen LogP contribution < -0.4 is 5.32 Å². The lowest BCUT2D eigenvalue weighted by Crippen LogP contribution is -2.42. The van der Waals surface area contributed by atoms with E-state index in [4.69, 9.17) is 0 Å². The summed E-state index contributed by atoms with van der Waals surface area (Å²) < 4.78 is 3.91. The number of β-amino-alcohol motifs (C(OH)–C–C–N with tert-alkyl or cyclic N) is 1. The number of aliphatic hydroxyl groups is 1. The van der Waals surface area contributed by atoms with Crippen molar-refractivity contribution in [2.75, 3.05) is 19.6 Å². The minimum atomic E-state index is -0.614. The Morgan fingerprint density at radius 3 is 2.91 bits per heavy atom. The quantitative estimate of drug-likeness (QED) is 0.614. The lowest BCUT2D eigenvalue weighted by molar-refractivity contribution is 0.0838. The summed E-state index contributed by atoms with van der Waals surface area (Å²) in [6, 6.07) is 8.45. The summed E-state index contributed by atoms with van der Waals surface area (Å²) in [5, 5.41) is 17.6. The molecule has 0 spiro atoms. The highest BCUT2D eigenvalue weighted by Gasteiger charge is 2.25. The predicted octanol–water partition coefficient (Wildman–Crippen LogP) is 1.50. The van der Waals surface area contributed by atoms with Crippen LogP contribution in [0.4, 0.5) is 0 Å². The van der Waals surface area contributed by atoms with Crippen molar-refractivity contribution in [3.05, 3.63) is 71.1 Å². The SMILES string of the molecule is Cn1cc([C@H]2CCc3nc(C(=O)NC[C@H](O)CN4CCc5ccccc5C4)cn3C2)cn1. The summed E-state index contributed by atoms with van der Waals surface area (Å²) in [4.78, 5) is 19.4. The Kier molecular flexibility index (Phi) is 5.80. The Morgan fingerprint density at radius 2 is 2.09 bits per heavy atom. The van der Waals surface area contributed by atoms with Gasteiger partial charge in [-0.25, -0.2) is 4.98 Å². The van der Waals surface area contributed by atoms with E-state index in [0.717, 1.165) is 44.7 Å². The number of hydrogen-bond acceptors (Lipinski definition) is 5. The van der Waals surface area contributed by atoms with Crippen molar-refractivity contribution < 1.29 is 9.90 Å². The largest absolute Gasteiger partial charge is 0.390 e. The van der Waals surface area contributed by atoms with Crippen molar-refractivity contribution in [1.82, 2.24) is 29.5 Å². The molecule has 2 N–H and O–H groups in total. The fraction of sp³-hybridized carbons (Fsp3) is 0.458. The first kappa shape index (κ1) is 20.9. The van der Waals surface area contributed by atoms with Gasteiger partial charge < -0.3 is 15.0 Å². The number of aliphatic hydroxyl groups excluding tert-OH is 1. The molecule has 2 aliphatic heterocycles. The zero-order valence-electron chi connectivity index (χ0n) is 18.4. The fourth-order valence-corrected chi connectivity index (χ4v) is 4.85. The Morgan fingerprint density at radius 1 is 1.25 bits per heavy atom. The standard InChI is InChI=1S/C24H30N6O2/c1-28-12-20(10-26-28)19-6-7-23-27-22(16-30(23)14-19)24(32)25-11-21(31)15-29-9-8-17-4-2-3-5-18(17)13-29/h2-5,10,12,16,19,21,31H,6-9,11,13-15H2,1H3,(H,25,32)/t19-,21-/m0/s1. The maximum atomic E-state index is 12.7. The molecule has 0 radical (unpaired) electrons. The highest BCUT2D eigenvalue weighted by atomic mass is 16.3. The van der Waals surface area contributed by atoms with E-state index in [1.165, 1.54) is 16.7 Å². The van der Waals surface area contributed by atoms with Crippen LogP contribution in [0.5, 0.6) is 0 Å². The molecular formula is C24H30N6O2. The average molecular weight is 435 g/mol. The number of benzene rings is 1. The predicted molar refractivity (Wildman–Crippen MR) is 120 cm³/mol. The van der Waals surface area contributed by atoms with Crippen molar-refractivity contribution in [3.63, 3.8) is 0 Å². The van der Waals surface area contributed by atoms with Crippen molar-refractivity contribution in [1.29, 1.82) is 0 Å². The zero-order chi connectivity index (χ0) is 22.1. The summed E-state index contributed by atoms with van der Waals surface area (Å²) in [5.41, 5.74) is 4.36. The van der Waals surface area contributed by atoms with E-state index in [9.17, 15) is 9.90 Å². The first-order valence-electron chi connectivity index (χ1n) is 11.3. The molecular weight excluding hydrogens is 404 g/mol. The third kappa shape index (κ3) is 4.47. The van der Waals surface area contributed by atoms with Gasteiger partial charge in [-0.3, -0.25) is 14.4 Å². The van der Waals surface area contributed by atoms with Gasteiger partial charge in [0.15, 0.2) is 0 Å². The van der Waals surface area contributed by atoms with Crippen LogP contribution in [0.15, 0.2) is 42.9 Å². The Balaban J connectivity index is 1.13. The molecule has 1 aromatic carbocycles. The smallest absolute Gasteiger partial charge is 0.271 e. The van der Waals surface area contributed by atoms with Crippen molar-refractivity contribution in [3.8, 4) is 0 Å². The van der Waals surface area contributed by atoms with Gasteiger partial charge in [0, 0.05) is 64.5 Å². The van der Waals surface area contributed by atoms with Crippen LogP contribution in [0.1, 0.15) is 45.3 Å². The Labute approximate surface area is 187 Å². The van der Waals surface area contributed by atoms with Gasteiger partial charge in [-0.15, -0.1) is 0 Å². The van der Waals surface area contributed by atoms with E-state index >= 15 is 0 Å². The van der Waals surface area contributed by atoms with Crippen LogP contribution in [0, 0.1) is 0 Å². The van der Waals surface area contributed by atoms with Crippen LogP contribution >= 0.6 is 0 Å². The second kappa shape index (κ2) is 8.88. The van der Waals surface area contributed by atoms with Gasteiger partial charge in [0.2, 0.25) is 0 Å². The molecule has 0 aliphatic carbocycles. The summed E-state index contributed by atoms with van der Waals surface area (Å²) in [6.45, 7) is 3.33. The Hall–Kier alpha value is -2.97. The molecule has 2 aliphatic rings. The normalized spacial score (nSPS) is 19.2. The number of aryl methyl sites for hydroxylation is 2. The van der Waals surface area contributed by atoms with Crippen LogP contribution in [0.3, 0.4) is 0 Å². The minimum absolute atomic E-state index is 0.220. The van der Waals surface area contributed by atoms with Crippen molar-refractivity contribution in [2.45, 2.75) is 44.4 Å². The van der Waals surface area contributed by atoms with Gasteiger partial charge in [-0.05, 0) is 29.5 Å². The van der Waals surface area contributed by atoms with Gasteiger partial charge in [-0.1, -0.05) is 24.3 Å². The average Bonchev–Trinajstić information content (AvgIpc) is 3.43. The molecule has 32 heavy (non-hydrogen) atoms. The second-order valence-electron chi connectivity index (χ2n) is 9.00. The number of carbonyl (C=O) groups excluding carboxylic acids is 1. The molecule has 1 amide bonds. The highest BCUT2D eigenvalue weighted by molar-refractivity contribution is 5.92. The number of hydrogen-bond donors (Lipinski definition) is 2. The number of fused-ring (bicyclic) bond motifs is 2. The topological polar surface area (TPSA) is 88.2 Å². The molecule has 0 unspecified atom stereocenters. The number of aromatic nitrogens is 4. The number of nitrogens with one attached hydrogen (secondary N) is 1. The van der Waals surface area contributed by atoms with E-state index in [1.807, 2.05) is 24.1 Å². The maximum absolute atomic E-state index is 12.7. The van der Waals surface area contributed by atoms with Gasteiger partial charge in [0.1, 0.15) is 11.5 Å². The lowest BCUT2D eigenvalue weighted by Gasteiger charge is -2.30. The molecule has 3 aromatic rings. The number of carbonyl (C=O) groups is 1. The van der Waals surface area contributed by atoms with Crippen LogP contribution in [0.25, 0.3) is 0 Å². The Bertz CT molecular complexity index is 1100. The second-order valence-corrected chi connectivity index (χ2v) is 9.00. The van der Waals surface area contributed by atoms with E-state index in [-0.39, 0.29) is 12.5 Å². The van der Waals surface area contributed by atoms with Gasteiger partial charge in [0.05, 0.1) is 12.3 Å². The van der Waals surface area contributed by atoms with E-state index in [1.54, 1.807) is 0 Å². The lowest BCUT2D eigenvalue weighted by atomic mass is 9.94. The molecule has 0 saturated carbocycles. The molecule has 168 valence electrons. The van der Waals surface area contributed by atoms with Crippen LogP contribution in [0.2, 0.25) is 0 Å². The first-order valence-corrected chi connectivity index (χ1v) is 11.3. The molecule has 5 rings (SSSR count). The third-order valence-electron chi connectivity index (χ3n) is 6.60. The molecule has 0 saturated heterocycles. The molecule has 4 heterocycles. The third-order valence-corrected chi connectivity index (χ3v) is 6.60. The first-order chi connectivity index (χ1) is 15.5. The number of nitrogens with zero attached hydrogens (tertiary/aromatic N) is 5. The summed E-state index contributed by atoms with van der Waals surface area (Å²) >= 11 is 0. The molecule has 2 aromatic heterocycles. The molecule has 8 heteroatoms. The molecule has 0 fully saturated rings. The van der Waals surface area contributed by atoms with Crippen LogP contribution in [-0.4, -0.2) is 61.0 Å². The minimum Gasteiger partial charge on any atom is -0.390 e. The van der Waals surface area contributed by atoms with Gasteiger partial charge in [-0.2, -0.15) is 5.10 Å².